The van der Waals surface area contributed by atoms with E-state index in [0.717, 1.165) is 41.9 Å². The number of carbonyl (C=O) groups is 1. The Morgan fingerprint density at radius 3 is 2.27 bits per heavy atom. The molecule has 0 N–H and O–H groups in total. The van der Waals surface area contributed by atoms with Gasteiger partial charge in [-0.1, -0.05) is 85.7 Å². The number of likely N-dealkylation sites (N-methyl/N-ethyl adjacent to an activating group) is 1. The second-order valence-corrected chi connectivity index (χ2v) is 12.5. The highest BCUT2D eigenvalue weighted by Gasteiger charge is 2.20. The zero-order valence-corrected chi connectivity index (χ0v) is 28.0. The first kappa shape index (κ1) is 34.4. The lowest BCUT2D eigenvalue weighted by Crippen LogP contribution is -2.40. The Morgan fingerprint density at radius 1 is 0.911 bits per heavy atom. The third-order valence-corrected chi connectivity index (χ3v) is 8.88. The van der Waals surface area contributed by atoms with Crippen LogP contribution in [0.3, 0.4) is 0 Å². The van der Waals surface area contributed by atoms with Gasteiger partial charge in [-0.15, -0.1) is 0 Å². The Bertz CT molecular complexity index is 1610. The first-order valence-electron chi connectivity index (χ1n) is 15.1. The van der Waals surface area contributed by atoms with Crippen molar-refractivity contribution in [2.75, 3.05) is 40.3 Å². The smallest absolute Gasteiger partial charge is 0.278 e. The molecular formula is C35H41ClFN5O2S. The van der Waals surface area contributed by atoms with Gasteiger partial charge in [0, 0.05) is 48.7 Å². The summed E-state index contributed by atoms with van der Waals surface area (Å²) in [5.41, 5.74) is 4.20. The van der Waals surface area contributed by atoms with Crippen molar-refractivity contribution in [2.24, 2.45) is 0 Å². The third kappa shape index (κ3) is 9.99. The molecule has 4 aromatic rings. The van der Waals surface area contributed by atoms with E-state index < -0.39 is 0 Å². The third-order valence-electron chi connectivity index (χ3n) is 7.57. The number of amides is 1. The van der Waals surface area contributed by atoms with Gasteiger partial charge in [0.05, 0.1) is 0 Å². The second-order valence-electron chi connectivity index (χ2n) is 11.1. The monoisotopic (exact) mass is 649 g/mol. The summed E-state index contributed by atoms with van der Waals surface area (Å²) in [6.07, 6.45) is 1.75. The molecule has 0 saturated heterocycles. The molecule has 7 nitrogen and oxygen atoms in total. The van der Waals surface area contributed by atoms with Crippen LogP contribution in [0.5, 0.6) is 0 Å². The minimum absolute atomic E-state index is 0.0286. The molecule has 0 spiro atoms. The molecule has 0 aliphatic rings. The van der Waals surface area contributed by atoms with Crippen molar-refractivity contribution in [2.45, 2.75) is 44.4 Å². The SMILES string of the molecule is CCN(CC)CCN(Cc1ccccc1-c1ccc(Cl)cc1)C(=O)Cn1cc(CN(C)C)c(=O)nc1SCc1ccc(F)cc1. The molecule has 0 saturated carbocycles. The van der Waals surface area contributed by atoms with E-state index in [2.05, 4.69) is 35.9 Å². The number of nitrogens with zero attached hydrogens (tertiary/aromatic N) is 5. The lowest BCUT2D eigenvalue weighted by Gasteiger charge is -2.28. The van der Waals surface area contributed by atoms with Crippen molar-refractivity contribution in [3.63, 3.8) is 0 Å². The van der Waals surface area contributed by atoms with Crippen LogP contribution in [-0.4, -0.2) is 70.4 Å². The molecule has 45 heavy (non-hydrogen) atoms. The van der Waals surface area contributed by atoms with Gasteiger partial charge in [0.25, 0.3) is 5.56 Å². The molecule has 0 atom stereocenters. The molecule has 0 aliphatic carbocycles. The molecular weight excluding hydrogens is 609 g/mol. The lowest BCUT2D eigenvalue weighted by molar-refractivity contribution is -0.132. The van der Waals surface area contributed by atoms with Crippen LogP contribution < -0.4 is 5.56 Å². The zero-order chi connectivity index (χ0) is 32.3. The fraction of sp³-hybridized carbons (Fsp3) is 0.343. The number of carbonyl (C=O) groups excluding carboxylic acids is 1. The van der Waals surface area contributed by atoms with E-state index in [1.165, 1.54) is 23.9 Å². The van der Waals surface area contributed by atoms with E-state index in [1.54, 1.807) is 22.9 Å². The molecule has 1 amide bonds. The number of aromatic nitrogens is 2. The number of thioether (sulfide) groups is 1. The van der Waals surface area contributed by atoms with Crippen LogP contribution in [0.15, 0.2) is 88.9 Å². The number of rotatable bonds is 15. The molecule has 0 aliphatic heterocycles. The fourth-order valence-electron chi connectivity index (χ4n) is 5.04. The Labute approximate surface area is 274 Å². The summed E-state index contributed by atoms with van der Waals surface area (Å²) >= 11 is 7.52. The topological polar surface area (TPSA) is 61.7 Å². The van der Waals surface area contributed by atoms with Gasteiger partial charge in [-0.3, -0.25) is 9.59 Å². The molecule has 3 aromatic carbocycles. The molecule has 0 unspecified atom stereocenters. The predicted octanol–water partition coefficient (Wildman–Crippen LogP) is 6.43. The molecule has 0 fully saturated rings. The zero-order valence-electron chi connectivity index (χ0n) is 26.4. The Kier molecular flexibility index (Phi) is 12.8. The van der Waals surface area contributed by atoms with E-state index in [-0.39, 0.29) is 23.8 Å². The lowest BCUT2D eigenvalue weighted by atomic mass is 9.99. The maximum atomic E-state index is 14.2. The van der Waals surface area contributed by atoms with Crippen molar-refractivity contribution in [3.8, 4) is 11.1 Å². The van der Waals surface area contributed by atoms with Crippen molar-refractivity contribution >= 4 is 29.3 Å². The standard InChI is InChI=1S/C35H41ClFN5O2S/c1-5-40(6-2)19-20-41(22-28-9-7-8-10-32(28)27-13-15-30(36)16-14-27)33(43)24-42-23-29(21-39(3)4)34(44)38-35(42)45-25-26-11-17-31(37)18-12-26/h7-18,23H,5-6,19-22,24-25H2,1-4H3. The highest BCUT2D eigenvalue weighted by molar-refractivity contribution is 7.98. The first-order valence-corrected chi connectivity index (χ1v) is 16.5. The molecule has 4 rings (SSSR count). The van der Waals surface area contributed by atoms with Gasteiger partial charge < -0.3 is 19.3 Å². The highest BCUT2D eigenvalue weighted by atomic mass is 35.5. The van der Waals surface area contributed by atoms with E-state index >= 15 is 0 Å². The quantitative estimate of drug-likeness (QED) is 0.109. The maximum Gasteiger partial charge on any atom is 0.278 e. The number of benzene rings is 3. The van der Waals surface area contributed by atoms with Gasteiger partial charge in [0.1, 0.15) is 12.4 Å². The summed E-state index contributed by atoms with van der Waals surface area (Å²) in [5.74, 6) is 0.103. The highest BCUT2D eigenvalue weighted by Crippen LogP contribution is 2.27. The average molecular weight is 650 g/mol. The molecule has 0 bridgehead atoms. The maximum absolute atomic E-state index is 14.2. The van der Waals surface area contributed by atoms with Crippen LogP contribution in [-0.2, 0) is 30.2 Å². The summed E-state index contributed by atoms with van der Waals surface area (Å²) < 4.78 is 15.3. The molecule has 238 valence electrons. The van der Waals surface area contributed by atoms with Gasteiger partial charge in [0.2, 0.25) is 5.91 Å². The van der Waals surface area contributed by atoms with Crippen molar-refractivity contribution < 1.29 is 9.18 Å². The minimum Gasteiger partial charge on any atom is -0.336 e. The van der Waals surface area contributed by atoms with Gasteiger partial charge >= 0.3 is 0 Å². The van der Waals surface area contributed by atoms with Crippen molar-refractivity contribution in [1.29, 1.82) is 0 Å². The molecule has 1 aromatic heterocycles. The molecule has 10 heteroatoms. The van der Waals surface area contributed by atoms with E-state index in [0.29, 0.717) is 41.1 Å². The summed E-state index contributed by atoms with van der Waals surface area (Å²) in [5, 5.41) is 1.12. The van der Waals surface area contributed by atoms with Crippen LogP contribution in [0.25, 0.3) is 11.1 Å². The number of hydrogen-bond donors (Lipinski definition) is 0. The minimum atomic E-state index is -0.315. The summed E-state index contributed by atoms with van der Waals surface area (Å²) in [4.78, 5) is 37.6. The van der Waals surface area contributed by atoms with E-state index in [1.807, 2.05) is 60.3 Å². The Hall–Kier alpha value is -3.50. The van der Waals surface area contributed by atoms with Crippen molar-refractivity contribution in [1.82, 2.24) is 24.3 Å². The molecule has 1 heterocycles. The number of halogens is 2. The van der Waals surface area contributed by atoms with Gasteiger partial charge in [-0.05, 0) is 73.7 Å². The average Bonchev–Trinajstić information content (AvgIpc) is 3.03. The Balaban J connectivity index is 1.65. The van der Waals surface area contributed by atoms with Crippen LogP contribution in [0.2, 0.25) is 5.02 Å². The summed E-state index contributed by atoms with van der Waals surface area (Å²) in [6.45, 7) is 8.17. The molecule has 0 radical (unpaired) electrons. The normalized spacial score (nSPS) is 11.4. The van der Waals surface area contributed by atoms with Gasteiger partial charge in [0.15, 0.2) is 5.16 Å². The Morgan fingerprint density at radius 2 is 1.60 bits per heavy atom. The van der Waals surface area contributed by atoms with Crippen LogP contribution in [0.1, 0.15) is 30.5 Å². The van der Waals surface area contributed by atoms with Crippen LogP contribution in [0, 0.1) is 5.82 Å². The second kappa shape index (κ2) is 16.7. The van der Waals surface area contributed by atoms with Crippen LogP contribution >= 0.6 is 23.4 Å². The largest absolute Gasteiger partial charge is 0.336 e. The van der Waals surface area contributed by atoms with Crippen LogP contribution in [0.4, 0.5) is 4.39 Å². The van der Waals surface area contributed by atoms with E-state index in [4.69, 9.17) is 11.6 Å². The first-order chi connectivity index (χ1) is 21.7. The fourth-order valence-corrected chi connectivity index (χ4v) is 6.09. The van der Waals surface area contributed by atoms with Gasteiger partial charge in [-0.2, -0.15) is 4.98 Å². The predicted molar refractivity (Wildman–Crippen MR) is 182 cm³/mol. The summed E-state index contributed by atoms with van der Waals surface area (Å²) in [7, 11) is 3.78. The number of hydrogen-bond acceptors (Lipinski definition) is 6. The van der Waals surface area contributed by atoms with E-state index in [9.17, 15) is 14.0 Å². The van der Waals surface area contributed by atoms with Crippen molar-refractivity contribution in [3.05, 3.63) is 117 Å². The summed E-state index contributed by atoms with van der Waals surface area (Å²) in [6, 6.07) is 22.1. The van der Waals surface area contributed by atoms with Gasteiger partial charge in [-0.25, -0.2) is 4.39 Å².